The molecule has 1 unspecified atom stereocenters. The Balaban J connectivity index is 2.24. The second kappa shape index (κ2) is 5.69. The van der Waals surface area contributed by atoms with E-state index in [0.29, 0.717) is 10.2 Å². The van der Waals surface area contributed by atoms with Crippen LogP contribution < -0.4 is 5.73 Å². The molecule has 0 radical (unpaired) electrons. The molecule has 3 nitrogen and oxygen atoms in total. The number of aryl methyl sites for hydroxylation is 1. The maximum Gasteiger partial charge on any atom is 0.192 e. The van der Waals surface area contributed by atoms with Crippen LogP contribution in [0.2, 0.25) is 5.02 Å². The van der Waals surface area contributed by atoms with Gasteiger partial charge in [-0.05, 0) is 49.4 Å². The van der Waals surface area contributed by atoms with Crippen LogP contribution in [0.15, 0.2) is 40.5 Å². The summed E-state index contributed by atoms with van der Waals surface area (Å²) >= 11 is 7.69. The summed E-state index contributed by atoms with van der Waals surface area (Å²) in [4.78, 5) is 9.47. The molecule has 2 N–H and O–H groups in total. The van der Waals surface area contributed by atoms with Gasteiger partial charge in [0.05, 0.1) is 5.02 Å². The number of nitrogens with zero attached hydrogens (tertiary/aromatic N) is 2. The molecule has 0 amide bonds. The molecule has 1 atom stereocenters. The third kappa shape index (κ3) is 3.22. The highest BCUT2D eigenvalue weighted by Crippen LogP contribution is 2.32. The third-order valence-electron chi connectivity index (χ3n) is 2.46. The van der Waals surface area contributed by atoms with Crippen molar-refractivity contribution in [3.63, 3.8) is 0 Å². The SMILES string of the molecule is Cc1ccnc(Sc2ccc(C(C)N)cc2Cl)n1. The number of rotatable bonds is 3. The zero-order chi connectivity index (χ0) is 13.1. The second-order valence-corrected chi connectivity index (χ2v) is 5.48. The van der Waals surface area contributed by atoms with Gasteiger partial charge in [-0.2, -0.15) is 0 Å². The quantitative estimate of drug-likeness (QED) is 0.872. The summed E-state index contributed by atoms with van der Waals surface area (Å²) in [5.74, 6) is 0. The molecule has 2 aromatic rings. The van der Waals surface area contributed by atoms with Crippen LogP contribution >= 0.6 is 23.4 Å². The molecule has 94 valence electrons. The van der Waals surface area contributed by atoms with Crippen LogP contribution in [0.1, 0.15) is 24.2 Å². The average Bonchev–Trinajstić information content (AvgIpc) is 2.31. The minimum Gasteiger partial charge on any atom is -0.324 e. The maximum absolute atomic E-state index is 6.23. The number of halogens is 1. The lowest BCUT2D eigenvalue weighted by Gasteiger charge is -2.08. The van der Waals surface area contributed by atoms with Crippen molar-refractivity contribution in [2.24, 2.45) is 5.73 Å². The van der Waals surface area contributed by atoms with Crippen LogP contribution in [0.5, 0.6) is 0 Å². The van der Waals surface area contributed by atoms with E-state index in [2.05, 4.69) is 9.97 Å². The van der Waals surface area contributed by atoms with Crippen molar-refractivity contribution < 1.29 is 0 Å². The maximum atomic E-state index is 6.23. The Morgan fingerprint density at radius 3 is 2.72 bits per heavy atom. The summed E-state index contributed by atoms with van der Waals surface area (Å²) < 4.78 is 0. The molecule has 0 spiro atoms. The molecule has 0 aliphatic carbocycles. The number of nitrogens with two attached hydrogens (primary N) is 1. The summed E-state index contributed by atoms with van der Waals surface area (Å²) in [5.41, 5.74) is 7.78. The van der Waals surface area contributed by atoms with E-state index in [0.717, 1.165) is 16.2 Å². The highest BCUT2D eigenvalue weighted by Gasteiger charge is 2.08. The summed E-state index contributed by atoms with van der Waals surface area (Å²) in [6, 6.07) is 7.68. The van der Waals surface area contributed by atoms with Crippen molar-refractivity contribution in [1.82, 2.24) is 9.97 Å². The van der Waals surface area contributed by atoms with E-state index >= 15 is 0 Å². The van der Waals surface area contributed by atoms with E-state index in [4.69, 9.17) is 17.3 Å². The summed E-state index contributed by atoms with van der Waals surface area (Å²) in [5, 5.41) is 1.38. The lowest BCUT2D eigenvalue weighted by molar-refractivity contribution is 0.817. The van der Waals surface area contributed by atoms with Gasteiger partial charge in [0.2, 0.25) is 0 Å². The molecule has 0 fully saturated rings. The van der Waals surface area contributed by atoms with Gasteiger partial charge >= 0.3 is 0 Å². The van der Waals surface area contributed by atoms with Crippen LogP contribution in [0.4, 0.5) is 0 Å². The first-order chi connectivity index (χ1) is 8.56. The topological polar surface area (TPSA) is 51.8 Å². The van der Waals surface area contributed by atoms with Crippen molar-refractivity contribution in [3.05, 3.63) is 46.7 Å². The van der Waals surface area contributed by atoms with Crippen molar-refractivity contribution in [1.29, 1.82) is 0 Å². The molecule has 18 heavy (non-hydrogen) atoms. The summed E-state index contributed by atoms with van der Waals surface area (Å²) in [6.07, 6.45) is 1.74. The Hall–Kier alpha value is -1.10. The minimum absolute atomic E-state index is 0.0169. The highest BCUT2D eigenvalue weighted by atomic mass is 35.5. The second-order valence-electron chi connectivity index (χ2n) is 4.06. The largest absolute Gasteiger partial charge is 0.324 e. The van der Waals surface area contributed by atoms with Crippen LogP contribution in [-0.2, 0) is 0 Å². The van der Waals surface area contributed by atoms with Crippen molar-refractivity contribution in [3.8, 4) is 0 Å². The van der Waals surface area contributed by atoms with Crippen molar-refractivity contribution >= 4 is 23.4 Å². The number of benzene rings is 1. The zero-order valence-corrected chi connectivity index (χ0v) is 11.8. The Bertz CT molecular complexity index is 558. The van der Waals surface area contributed by atoms with Gasteiger partial charge in [-0.15, -0.1) is 0 Å². The first kappa shape index (κ1) is 13.3. The van der Waals surface area contributed by atoms with Crippen LogP contribution in [0.3, 0.4) is 0 Å². The van der Waals surface area contributed by atoms with Gasteiger partial charge in [0.25, 0.3) is 0 Å². The normalized spacial score (nSPS) is 12.4. The molecule has 1 aromatic heterocycles. The molecule has 5 heteroatoms. The predicted molar refractivity (Wildman–Crippen MR) is 74.9 cm³/mol. The smallest absolute Gasteiger partial charge is 0.192 e. The van der Waals surface area contributed by atoms with Crippen LogP contribution in [0.25, 0.3) is 0 Å². The van der Waals surface area contributed by atoms with Gasteiger partial charge in [0.1, 0.15) is 0 Å². The van der Waals surface area contributed by atoms with Gasteiger partial charge in [0, 0.05) is 22.8 Å². The average molecular weight is 280 g/mol. The molecule has 2 rings (SSSR count). The Morgan fingerprint density at radius 1 is 1.33 bits per heavy atom. The standard InChI is InChI=1S/C13H14ClN3S/c1-8-5-6-16-13(17-8)18-12-4-3-10(9(2)15)7-11(12)14/h3-7,9H,15H2,1-2H3. The monoisotopic (exact) mass is 279 g/mol. The number of hydrogen-bond donors (Lipinski definition) is 1. The molecular weight excluding hydrogens is 266 g/mol. The van der Waals surface area contributed by atoms with E-state index < -0.39 is 0 Å². The predicted octanol–water partition coefficient (Wildman–Crippen LogP) is 3.61. The molecule has 0 aliphatic heterocycles. The Morgan fingerprint density at radius 2 is 2.11 bits per heavy atom. The molecular formula is C13H14ClN3S. The first-order valence-electron chi connectivity index (χ1n) is 5.59. The van der Waals surface area contributed by atoms with Crippen LogP contribution in [-0.4, -0.2) is 9.97 Å². The molecule has 0 saturated carbocycles. The molecule has 0 aliphatic rings. The molecule has 1 heterocycles. The Labute approximate surface area is 116 Å². The van der Waals surface area contributed by atoms with Gasteiger partial charge in [-0.1, -0.05) is 17.7 Å². The van der Waals surface area contributed by atoms with E-state index in [1.54, 1.807) is 6.20 Å². The first-order valence-corrected chi connectivity index (χ1v) is 6.78. The number of aromatic nitrogens is 2. The fourth-order valence-corrected chi connectivity index (χ4v) is 2.55. The van der Waals surface area contributed by atoms with Gasteiger partial charge < -0.3 is 5.73 Å². The fraction of sp³-hybridized carbons (Fsp3) is 0.231. The molecule has 0 bridgehead atoms. The van der Waals surface area contributed by atoms with E-state index in [1.807, 2.05) is 38.1 Å². The fourth-order valence-electron chi connectivity index (χ4n) is 1.46. The lowest BCUT2D eigenvalue weighted by atomic mass is 10.1. The van der Waals surface area contributed by atoms with Gasteiger partial charge in [0.15, 0.2) is 5.16 Å². The summed E-state index contributed by atoms with van der Waals surface area (Å²) in [7, 11) is 0. The van der Waals surface area contributed by atoms with Gasteiger partial charge in [-0.3, -0.25) is 0 Å². The highest BCUT2D eigenvalue weighted by molar-refractivity contribution is 7.99. The lowest BCUT2D eigenvalue weighted by Crippen LogP contribution is -2.04. The van der Waals surface area contributed by atoms with Crippen molar-refractivity contribution in [2.45, 2.75) is 29.9 Å². The minimum atomic E-state index is -0.0169. The molecule has 1 aromatic carbocycles. The number of hydrogen-bond acceptors (Lipinski definition) is 4. The third-order valence-corrected chi connectivity index (χ3v) is 3.84. The van der Waals surface area contributed by atoms with E-state index in [9.17, 15) is 0 Å². The van der Waals surface area contributed by atoms with Crippen molar-refractivity contribution in [2.75, 3.05) is 0 Å². The summed E-state index contributed by atoms with van der Waals surface area (Å²) in [6.45, 7) is 3.87. The zero-order valence-electron chi connectivity index (χ0n) is 10.2. The van der Waals surface area contributed by atoms with E-state index in [1.165, 1.54) is 11.8 Å². The molecule has 0 saturated heterocycles. The van der Waals surface area contributed by atoms with E-state index in [-0.39, 0.29) is 6.04 Å². The van der Waals surface area contributed by atoms with Gasteiger partial charge in [-0.25, -0.2) is 9.97 Å². The van der Waals surface area contributed by atoms with Crippen LogP contribution in [0, 0.1) is 6.92 Å². The Kier molecular flexibility index (Phi) is 4.22.